The third kappa shape index (κ3) is 2.10. The molecule has 1 heterocycles. The number of aromatic hydroxyl groups is 2. The molecule has 3 rings (SSSR count). The molecule has 102 valence electrons. The minimum atomic E-state index is -0.416. The molecule has 0 radical (unpaired) electrons. The van der Waals surface area contributed by atoms with Crippen LogP contribution in [-0.2, 0) is 0 Å². The molecule has 4 nitrogen and oxygen atoms in total. The maximum absolute atomic E-state index is 12.5. The minimum Gasteiger partial charge on any atom is -0.504 e. The topological polar surface area (TPSA) is 66.8 Å². The van der Waals surface area contributed by atoms with Gasteiger partial charge in [-0.25, -0.2) is 0 Å². The molecule has 1 unspecified atom stereocenters. The van der Waals surface area contributed by atoms with Gasteiger partial charge in [0.05, 0.1) is 11.5 Å². The molecule has 0 aliphatic carbocycles. The lowest BCUT2D eigenvalue weighted by Crippen LogP contribution is -2.25. The molecule has 2 aromatic carbocycles. The fourth-order valence-electron chi connectivity index (χ4n) is 2.26. The highest BCUT2D eigenvalue weighted by Crippen LogP contribution is 2.39. The molecule has 1 aliphatic rings. The third-order valence-corrected chi connectivity index (χ3v) is 3.66. The van der Waals surface area contributed by atoms with Crippen molar-refractivity contribution >= 4 is 18.4 Å². The fourth-order valence-corrected chi connectivity index (χ4v) is 2.41. The van der Waals surface area contributed by atoms with Crippen molar-refractivity contribution in [1.82, 2.24) is 0 Å². The van der Waals surface area contributed by atoms with Crippen LogP contribution in [0.5, 0.6) is 17.2 Å². The number of ether oxygens (including phenoxy) is 1. The Balaban J connectivity index is 2.00. The van der Waals surface area contributed by atoms with Crippen molar-refractivity contribution in [2.75, 3.05) is 6.61 Å². The first kappa shape index (κ1) is 12.9. The van der Waals surface area contributed by atoms with Gasteiger partial charge in [-0.05, 0) is 23.8 Å². The van der Waals surface area contributed by atoms with Gasteiger partial charge in [0.15, 0.2) is 17.3 Å². The summed E-state index contributed by atoms with van der Waals surface area (Å²) in [7, 11) is 0. The van der Waals surface area contributed by atoms with Crippen molar-refractivity contribution in [2.45, 2.75) is 10.8 Å². The molecule has 5 heteroatoms. The molecule has 0 amide bonds. The Morgan fingerprint density at radius 1 is 1.10 bits per heavy atom. The zero-order chi connectivity index (χ0) is 14.3. The lowest BCUT2D eigenvalue weighted by Gasteiger charge is -2.24. The summed E-state index contributed by atoms with van der Waals surface area (Å²) in [5.74, 6) is -0.873. The summed E-state index contributed by atoms with van der Waals surface area (Å²) in [6.07, 6.45) is 0. The van der Waals surface area contributed by atoms with Crippen molar-refractivity contribution in [3.8, 4) is 17.2 Å². The largest absolute Gasteiger partial charge is 0.504 e. The van der Waals surface area contributed by atoms with E-state index in [1.54, 1.807) is 0 Å². The smallest absolute Gasteiger partial charge is 0.177 e. The zero-order valence-electron chi connectivity index (χ0n) is 10.4. The molecule has 0 spiro atoms. The van der Waals surface area contributed by atoms with Gasteiger partial charge in [0.1, 0.15) is 12.4 Å². The van der Waals surface area contributed by atoms with Crippen molar-refractivity contribution in [1.29, 1.82) is 0 Å². The summed E-state index contributed by atoms with van der Waals surface area (Å²) in [5, 5.41) is 18.9. The van der Waals surface area contributed by atoms with Crippen LogP contribution in [-0.4, -0.2) is 22.6 Å². The van der Waals surface area contributed by atoms with Gasteiger partial charge in [0, 0.05) is 11.0 Å². The molecule has 2 aromatic rings. The van der Waals surface area contributed by atoms with Crippen molar-refractivity contribution in [3.05, 3.63) is 47.5 Å². The summed E-state index contributed by atoms with van der Waals surface area (Å²) >= 11 is 4.21. The highest BCUT2D eigenvalue weighted by Gasteiger charge is 2.31. The first-order chi connectivity index (χ1) is 9.56. The van der Waals surface area contributed by atoms with Crippen LogP contribution in [0.3, 0.4) is 0 Å². The average molecular weight is 288 g/mol. The van der Waals surface area contributed by atoms with Crippen LogP contribution in [0.1, 0.15) is 21.8 Å². The molecule has 0 saturated heterocycles. The van der Waals surface area contributed by atoms with Crippen LogP contribution in [0.4, 0.5) is 0 Å². The van der Waals surface area contributed by atoms with Gasteiger partial charge in [-0.3, -0.25) is 4.79 Å². The lowest BCUT2D eigenvalue weighted by molar-refractivity contribution is 0.0895. The highest BCUT2D eigenvalue weighted by molar-refractivity contribution is 7.80. The first-order valence-corrected chi connectivity index (χ1v) is 6.53. The zero-order valence-corrected chi connectivity index (χ0v) is 11.3. The summed E-state index contributed by atoms with van der Waals surface area (Å²) in [4.78, 5) is 13.3. The number of rotatable bonds is 1. The van der Waals surface area contributed by atoms with E-state index in [1.165, 1.54) is 12.1 Å². The standard InChI is InChI=1S/C15H12O4S/c16-12-5-10-14(6-13(12)17)19-7-11(15(10)18)8-1-3-9(20)4-2-8/h1-6,11,16-17,20H,7H2. The number of ketones is 1. The summed E-state index contributed by atoms with van der Waals surface area (Å²) in [6, 6.07) is 9.80. The SMILES string of the molecule is O=C1c2cc(O)c(O)cc2OCC1c1ccc(S)cc1. The van der Waals surface area contributed by atoms with Crippen LogP contribution in [0.15, 0.2) is 41.3 Å². The Morgan fingerprint density at radius 2 is 1.75 bits per heavy atom. The number of fused-ring (bicyclic) bond motifs is 1. The molecule has 1 aliphatic heterocycles. The summed E-state index contributed by atoms with van der Waals surface area (Å²) < 4.78 is 5.52. The van der Waals surface area contributed by atoms with Gasteiger partial charge >= 0.3 is 0 Å². The Labute approximate surface area is 121 Å². The van der Waals surface area contributed by atoms with E-state index in [9.17, 15) is 15.0 Å². The minimum absolute atomic E-state index is 0.131. The summed E-state index contributed by atoms with van der Waals surface area (Å²) in [6.45, 7) is 0.210. The second-order valence-electron chi connectivity index (χ2n) is 4.66. The third-order valence-electron chi connectivity index (χ3n) is 3.36. The van der Waals surface area contributed by atoms with Crippen LogP contribution >= 0.6 is 12.6 Å². The predicted octanol–water partition coefficient (Wildman–Crippen LogP) is 2.75. The number of phenolic OH excluding ortho intramolecular Hbond substituents is 2. The number of benzene rings is 2. The van der Waals surface area contributed by atoms with E-state index in [2.05, 4.69) is 12.6 Å². The Hall–Kier alpha value is -2.14. The van der Waals surface area contributed by atoms with E-state index in [4.69, 9.17) is 4.74 Å². The average Bonchev–Trinajstić information content (AvgIpc) is 2.43. The van der Waals surface area contributed by atoms with Gasteiger partial charge in [-0.15, -0.1) is 12.6 Å². The van der Waals surface area contributed by atoms with E-state index in [-0.39, 0.29) is 29.5 Å². The van der Waals surface area contributed by atoms with Gasteiger partial charge in [-0.1, -0.05) is 12.1 Å². The number of hydrogen-bond donors (Lipinski definition) is 3. The maximum Gasteiger partial charge on any atom is 0.177 e. The van der Waals surface area contributed by atoms with Gasteiger partial charge < -0.3 is 14.9 Å². The van der Waals surface area contributed by atoms with Crippen molar-refractivity contribution < 1.29 is 19.7 Å². The maximum atomic E-state index is 12.5. The summed E-state index contributed by atoms with van der Waals surface area (Å²) in [5.41, 5.74) is 1.12. The van der Waals surface area contributed by atoms with Gasteiger partial charge in [0.2, 0.25) is 0 Å². The second-order valence-corrected chi connectivity index (χ2v) is 5.17. The number of hydrogen-bond acceptors (Lipinski definition) is 5. The van der Waals surface area contributed by atoms with Crippen LogP contribution in [0.2, 0.25) is 0 Å². The quantitative estimate of drug-likeness (QED) is 0.557. The number of thiol groups is 1. The second kappa shape index (κ2) is 4.76. The fraction of sp³-hybridized carbons (Fsp3) is 0.133. The van der Waals surface area contributed by atoms with Crippen LogP contribution in [0, 0.1) is 0 Å². The molecular weight excluding hydrogens is 276 g/mol. The molecule has 0 saturated carbocycles. The monoisotopic (exact) mass is 288 g/mol. The van der Waals surface area contributed by atoms with E-state index in [0.29, 0.717) is 5.75 Å². The number of phenols is 2. The van der Waals surface area contributed by atoms with Crippen LogP contribution < -0.4 is 4.74 Å². The normalized spacial score (nSPS) is 17.4. The molecule has 2 N–H and O–H groups in total. The molecule has 1 atom stereocenters. The van der Waals surface area contributed by atoms with Gasteiger partial charge in [0.25, 0.3) is 0 Å². The van der Waals surface area contributed by atoms with E-state index in [1.807, 2.05) is 24.3 Å². The van der Waals surface area contributed by atoms with E-state index in [0.717, 1.165) is 10.5 Å². The van der Waals surface area contributed by atoms with Gasteiger partial charge in [-0.2, -0.15) is 0 Å². The van der Waals surface area contributed by atoms with E-state index < -0.39 is 5.92 Å². The molecule has 0 fully saturated rings. The highest BCUT2D eigenvalue weighted by atomic mass is 32.1. The Bertz CT molecular complexity index is 679. The number of carbonyl (C=O) groups is 1. The Morgan fingerprint density at radius 3 is 2.45 bits per heavy atom. The molecule has 0 aromatic heterocycles. The van der Waals surface area contributed by atoms with E-state index >= 15 is 0 Å². The Kier molecular flexibility index (Phi) is 3.06. The van der Waals surface area contributed by atoms with Crippen LogP contribution in [0.25, 0.3) is 0 Å². The first-order valence-electron chi connectivity index (χ1n) is 6.08. The number of carbonyl (C=O) groups excluding carboxylic acids is 1. The van der Waals surface area contributed by atoms with Crippen molar-refractivity contribution in [2.24, 2.45) is 0 Å². The molecule has 20 heavy (non-hydrogen) atoms. The predicted molar refractivity (Wildman–Crippen MR) is 76.0 cm³/mol. The molecule has 0 bridgehead atoms. The van der Waals surface area contributed by atoms with Crippen molar-refractivity contribution in [3.63, 3.8) is 0 Å². The lowest BCUT2D eigenvalue weighted by atomic mass is 9.89. The molecular formula is C15H12O4S. The number of Topliss-reactive ketones (excluding diaryl/α,β-unsaturated/α-hetero) is 1.